The van der Waals surface area contributed by atoms with Gasteiger partial charge in [0.2, 0.25) is 5.91 Å². The molecule has 0 heterocycles. The Morgan fingerprint density at radius 3 is 2.38 bits per heavy atom. The van der Waals surface area contributed by atoms with Crippen LogP contribution in [-0.4, -0.2) is 11.4 Å². The number of hydrogen-bond donors (Lipinski definition) is 2. The Morgan fingerprint density at radius 2 is 2.08 bits per heavy atom. The zero-order valence-electron chi connectivity index (χ0n) is 8.97. The van der Waals surface area contributed by atoms with E-state index in [1.54, 1.807) is 13.0 Å². The van der Waals surface area contributed by atoms with Crippen molar-refractivity contribution in [3.8, 4) is 0 Å². The lowest BCUT2D eigenvalue weighted by molar-refractivity contribution is -0.122. The van der Waals surface area contributed by atoms with Crippen molar-refractivity contribution in [2.45, 2.75) is 45.6 Å². The highest BCUT2D eigenvalue weighted by molar-refractivity contribution is 5.83. The van der Waals surface area contributed by atoms with E-state index in [-0.39, 0.29) is 2.85 Å². The summed E-state index contributed by atoms with van der Waals surface area (Å²) in [5.74, 6) is -0.443. The molecular weight excluding hydrogens is 164 g/mol. The molecule has 3 nitrogen and oxygen atoms in total. The molecule has 0 radical (unpaired) electrons. The van der Waals surface area contributed by atoms with Gasteiger partial charge in [-0.05, 0) is 26.2 Å². The van der Waals surface area contributed by atoms with Gasteiger partial charge in [0.15, 0.2) is 0 Å². The summed E-state index contributed by atoms with van der Waals surface area (Å²) in [5, 5.41) is 0. The van der Waals surface area contributed by atoms with Gasteiger partial charge in [0.1, 0.15) is 0 Å². The van der Waals surface area contributed by atoms with E-state index in [1.165, 1.54) is 0 Å². The topological polar surface area (TPSA) is 69.1 Å². The van der Waals surface area contributed by atoms with Crippen molar-refractivity contribution < 1.29 is 7.65 Å². The van der Waals surface area contributed by atoms with Gasteiger partial charge in [0.25, 0.3) is 0 Å². The van der Waals surface area contributed by atoms with Gasteiger partial charge in [-0.25, -0.2) is 0 Å². The van der Waals surface area contributed by atoms with E-state index >= 15 is 0 Å². The zero-order chi connectivity index (χ0) is 10.9. The monoisotopic (exact) mass is 190 g/mol. The summed E-state index contributed by atoms with van der Waals surface area (Å²) < 4.78 is 0. The Bertz CT molecular complexity index is 162. The normalized spacial score (nSPS) is 13.5. The van der Waals surface area contributed by atoms with Crippen LogP contribution in [0.3, 0.4) is 0 Å². The summed E-state index contributed by atoms with van der Waals surface area (Å²) in [7, 11) is 0. The molecule has 4 N–H and O–H groups in total. The molecule has 0 unspecified atom stereocenters. The van der Waals surface area contributed by atoms with Crippen LogP contribution in [0.5, 0.6) is 0 Å². The second-order valence-corrected chi connectivity index (χ2v) is 2.96. The lowest BCUT2D eigenvalue weighted by Crippen LogP contribution is -2.49. The quantitative estimate of drug-likeness (QED) is 0.514. The lowest BCUT2D eigenvalue weighted by atomic mass is 9.95. The molecule has 0 spiro atoms. The molecule has 0 saturated heterocycles. The Balaban J connectivity index is -0.000000142. The predicted molar refractivity (Wildman–Crippen MR) is 61.4 cm³/mol. The van der Waals surface area contributed by atoms with Crippen LogP contribution in [0.2, 0.25) is 0 Å². The van der Waals surface area contributed by atoms with Gasteiger partial charge in [0.05, 0.1) is 5.54 Å². The zero-order valence-corrected chi connectivity index (χ0v) is 8.97. The van der Waals surface area contributed by atoms with E-state index in [4.69, 9.17) is 11.5 Å². The molecule has 0 rings (SSSR count). The molecule has 13 heavy (non-hydrogen) atoms. The minimum absolute atomic E-state index is 0. The van der Waals surface area contributed by atoms with E-state index in [1.807, 2.05) is 13.8 Å². The summed E-state index contributed by atoms with van der Waals surface area (Å²) in [6.45, 7) is 9.22. The molecule has 0 bridgehead atoms. The summed E-state index contributed by atoms with van der Waals surface area (Å²) in [6.07, 6.45) is 4.16. The number of amides is 1. The lowest BCUT2D eigenvalue weighted by Gasteiger charge is -2.19. The van der Waals surface area contributed by atoms with Crippen LogP contribution in [0, 0.1) is 0 Å². The van der Waals surface area contributed by atoms with Crippen molar-refractivity contribution in [3.63, 3.8) is 0 Å². The van der Waals surface area contributed by atoms with Gasteiger partial charge in [-0.3, -0.25) is 4.79 Å². The van der Waals surface area contributed by atoms with E-state index < -0.39 is 11.4 Å². The van der Waals surface area contributed by atoms with Crippen molar-refractivity contribution >= 4 is 5.91 Å². The van der Waals surface area contributed by atoms with Gasteiger partial charge < -0.3 is 11.5 Å². The van der Waals surface area contributed by atoms with Gasteiger partial charge >= 0.3 is 0 Å². The fraction of sp³-hybridized carbons (Fsp3) is 0.700. The molecule has 3 heteroatoms. The highest BCUT2D eigenvalue weighted by Crippen LogP contribution is 2.09. The molecule has 0 fully saturated rings. The molecule has 0 saturated carbocycles. The minimum atomic E-state index is -0.858. The van der Waals surface area contributed by atoms with Gasteiger partial charge in [0, 0.05) is 2.85 Å². The number of carbonyl (C=O) groups excluding carboxylic acids is 1. The van der Waals surface area contributed by atoms with Crippen LogP contribution in [0.15, 0.2) is 12.7 Å². The van der Waals surface area contributed by atoms with E-state index in [0.29, 0.717) is 6.42 Å². The summed E-state index contributed by atoms with van der Waals surface area (Å²) in [5.41, 5.74) is 9.80. The maximum absolute atomic E-state index is 10.7. The number of hydrogen-bond acceptors (Lipinski definition) is 2. The number of nitrogens with two attached hydrogens (primary N) is 2. The second kappa shape index (κ2) is 7.80. The van der Waals surface area contributed by atoms with Crippen molar-refractivity contribution in [1.29, 1.82) is 0 Å². The molecule has 1 atom stereocenters. The standard InChI is InChI=1S/C8H16N2O.C2H6.2H2/c1-3-4-5-6-8(2,10)7(9)11;1-2;;/h3H,1,4-6,10H2,2H3,(H2,9,11);1-2H3;2*1H/t8-;;;/m0.../s1. The van der Waals surface area contributed by atoms with E-state index in [0.717, 1.165) is 12.8 Å². The summed E-state index contributed by atoms with van der Waals surface area (Å²) in [4.78, 5) is 10.7. The van der Waals surface area contributed by atoms with Crippen molar-refractivity contribution in [2.24, 2.45) is 11.5 Å². The van der Waals surface area contributed by atoms with Crippen LogP contribution >= 0.6 is 0 Å². The molecule has 0 aliphatic heterocycles. The van der Waals surface area contributed by atoms with Gasteiger partial charge in [-0.2, -0.15) is 0 Å². The Morgan fingerprint density at radius 1 is 1.62 bits per heavy atom. The Kier molecular flexibility index (Phi) is 8.81. The van der Waals surface area contributed by atoms with Crippen LogP contribution in [0.4, 0.5) is 0 Å². The molecule has 0 aliphatic carbocycles. The number of allylic oxidation sites excluding steroid dienone is 1. The Hall–Kier alpha value is -0.830. The first-order valence-corrected chi connectivity index (χ1v) is 4.70. The van der Waals surface area contributed by atoms with Crippen LogP contribution in [0.1, 0.15) is 42.9 Å². The van der Waals surface area contributed by atoms with Crippen molar-refractivity contribution in [3.05, 3.63) is 12.7 Å². The highest BCUT2D eigenvalue weighted by atomic mass is 16.1. The number of unbranched alkanes of at least 4 members (excludes halogenated alkanes) is 1. The first-order chi connectivity index (χ1) is 6.00. The Labute approximate surface area is 84.2 Å². The van der Waals surface area contributed by atoms with Crippen molar-refractivity contribution in [1.82, 2.24) is 0 Å². The average Bonchev–Trinajstić information content (AvgIpc) is 2.08. The number of rotatable bonds is 5. The third-order valence-electron chi connectivity index (χ3n) is 1.67. The van der Waals surface area contributed by atoms with Gasteiger partial charge in [-0.15, -0.1) is 6.58 Å². The largest absolute Gasteiger partial charge is 0.368 e. The molecule has 82 valence electrons. The first-order valence-electron chi connectivity index (χ1n) is 4.70. The SMILES string of the molecule is C=CCCC[C@](C)(N)C(N)=O.CC.[HH].[HH]. The van der Waals surface area contributed by atoms with Gasteiger partial charge in [-0.1, -0.05) is 19.9 Å². The highest BCUT2D eigenvalue weighted by Gasteiger charge is 2.24. The second-order valence-electron chi connectivity index (χ2n) is 2.96. The maximum atomic E-state index is 10.7. The summed E-state index contributed by atoms with van der Waals surface area (Å²) in [6, 6.07) is 0. The third-order valence-corrected chi connectivity index (χ3v) is 1.67. The van der Waals surface area contributed by atoms with Crippen molar-refractivity contribution in [2.75, 3.05) is 0 Å². The van der Waals surface area contributed by atoms with Crippen LogP contribution in [-0.2, 0) is 4.79 Å². The molecule has 0 aromatic carbocycles. The van der Waals surface area contributed by atoms with Crippen LogP contribution < -0.4 is 11.5 Å². The molecular formula is C10H26N2O. The number of carbonyl (C=O) groups is 1. The van der Waals surface area contributed by atoms with Crippen LogP contribution in [0.25, 0.3) is 0 Å². The van der Waals surface area contributed by atoms with E-state index in [2.05, 4.69) is 6.58 Å². The summed E-state index contributed by atoms with van der Waals surface area (Å²) >= 11 is 0. The first kappa shape index (κ1) is 14.7. The predicted octanol–water partition coefficient (Wildman–Crippen LogP) is 2.06. The number of primary amides is 1. The fourth-order valence-electron chi connectivity index (χ4n) is 0.737. The third kappa shape index (κ3) is 7.53. The minimum Gasteiger partial charge on any atom is -0.368 e. The average molecular weight is 190 g/mol. The molecule has 0 aromatic heterocycles. The molecule has 1 amide bonds. The molecule has 0 aromatic rings. The maximum Gasteiger partial charge on any atom is 0.237 e. The van der Waals surface area contributed by atoms with E-state index in [9.17, 15) is 4.79 Å². The fourth-order valence-corrected chi connectivity index (χ4v) is 0.737. The molecule has 0 aliphatic rings. The smallest absolute Gasteiger partial charge is 0.237 e.